The Balaban J connectivity index is 1.14. The number of thiophene rings is 1. The van der Waals surface area contributed by atoms with Crippen LogP contribution in [0.3, 0.4) is 0 Å². The lowest BCUT2D eigenvalue weighted by Gasteiger charge is -2.36. The lowest BCUT2D eigenvalue weighted by molar-refractivity contribution is -0.149. The third-order valence-electron chi connectivity index (χ3n) is 25.6. The smallest absolute Gasteiger partial charge is 0.407 e. The molecule has 798 valence electrons. The molecule has 46 nitrogen and oxygen atoms in total. The average Bonchev–Trinajstić information content (AvgIpc) is 1.70. The molecule has 0 spiro atoms. The van der Waals surface area contributed by atoms with Gasteiger partial charge in [0.25, 0.3) is 0 Å². The van der Waals surface area contributed by atoms with Gasteiger partial charge in [-0.05, 0) is 129 Å². The molecule has 0 bridgehead atoms. The van der Waals surface area contributed by atoms with Gasteiger partial charge in [0.1, 0.15) is 104 Å². The molecule has 147 heavy (non-hydrogen) atoms. The number of unbranched alkanes of at least 4 members (excludes halogenated alkanes) is 2. The SMILES string of the molecule is C=CCOC(=O)NCCC[C@@H]1NC(=O)[C@H](CCCC)N(C)C(=O)[C@H](CCCC)N(C)C(=O)[C@H](Cc2csc3ccccc23)NC(=O)[C@H](CCNC(=O)OCC=C)NC(=O)[C@H](Cc2c[nH]c3ccccc23)NC(=O)[C@@H]2C[C@@H](O)CN2C(=O)[C@H](CCC(=O)O)NC(=O)[C@H](Cc2cnc[nH]2)NC(=O)[C@@H]2CCCN2C(=O)[C@H](CCCN)NC(=O)[C@H](C)N(C)C(=O)[C@H](Cc2ccc(O)cc2)NC(=O)CSC[C@@H](C(=O)NCC(N)=O)NC1=O. The number of aromatic nitrogens is 3. The van der Waals surface area contributed by atoms with Gasteiger partial charge in [-0.2, -0.15) is 0 Å². The number of nitrogens with zero attached hydrogens (tertiary/aromatic N) is 6. The Kier molecular flexibility index (Phi) is 45.7. The number of fused-ring (bicyclic) bond motifs is 4. The molecule has 3 aromatic heterocycles. The zero-order chi connectivity index (χ0) is 107. The Labute approximate surface area is 858 Å². The standard InChI is InChI=1S/C99H136N22O24S2/c1-9-13-27-76-90(134)110-67(26-20-39-103-98(142)144-42-11-3)86(130)116-75(85(129)106-51-81(101)124)54-146-55-82(125)108-73(44-58-31-33-62(122)34-32-58)93(137)117(6)57(5)84(128)111-69(25-19-38-100)95(139)120-41-21-29-77(120)91(135)114-72(47-61-50-102-56-107-61)89(133)112-70(35-36-83(126)127)96(140)121-52-63(123)48-79(121)92(136)113-71(45-59-49-105-66-24-17-15-22-64(59)66)88(132)109-68(37-40-104-99(143)145-43-12-4)87(131)115-74(46-60-53-147-80-30-18-16-23-65(60)80)94(138)119(8)78(28-14-10-2)97(141)118(76)7/h11-12,15-18,22-24,30-34,49-50,53,56-57,63,67-79,105,122-123H,3-4,9-10,13-14,19-21,25-29,35-48,51-52,54-55,100H2,1-2,5-8H3,(H2,101,124)(H,102,107)(H,103,142)(H,104,143)(H,106,129)(H,108,125)(H,109,132)(H,110,134)(H,111,128)(H,112,133)(H,113,136)(H,114,135)(H,115,131)(H,116,130)(H,126,127)/t57-,63+,67-,68-,69-,70-,71-,72-,73-,74-,75-,76-,77-,78-,79-/m0/s1. The zero-order valence-corrected chi connectivity index (χ0v) is 84.9. The quantitative estimate of drug-likeness (QED) is 0.0190. The van der Waals surface area contributed by atoms with Crippen LogP contribution in [0.15, 0.2) is 122 Å². The van der Waals surface area contributed by atoms with E-state index in [0.29, 0.717) is 52.2 Å². The number of aliphatic hydroxyl groups is 1. The largest absolute Gasteiger partial charge is 0.508 e. The highest BCUT2D eigenvalue weighted by Crippen LogP contribution is 2.30. The van der Waals surface area contributed by atoms with Crippen LogP contribution in [-0.4, -0.2) is 343 Å². The number of H-pyrrole nitrogens is 2. The first-order chi connectivity index (χ1) is 70.4. The van der Waals surface area contributed by atoms with Crippen molar-refractivity contribution in [2.24, 2.45) is 11.5 Å². The fourth-order valence-electron chi connectivity index (χ4n) is 17.4. The number of carboxylic acids is 1. The van der Waals surface area contributed by atoms with Crippen LogP contribution < -0.4 is 75.3 Å². The highest BCUT2D eigenvalue weighted by Gasteiger charge is 2.47. The second-order valence-corrected chi connectivity index (χ2v) is 38.3. The van der Waals surface area contributed by atoms with Crippen molar-refractivity contribution in [3.63, 3.8) is 0 Å². The Morgan fingerprint density at radius 2 is 1.11 bits per heavy atom. The number of benzene rings is 3. The minimum absolute atomic E-state index is 0.00104. The number of phenols is 1. The van der Waals surface area contributed by atoms with Crippen LogP contribution in [0.5, 0.6) is 5.75 Å². The Hall–Kier alpha value is -14.5. The number of alkyl carbamates (subject to hydrolysis) is 2. The lowest BCUT2D eigenvalue weighted by Crippen LogP contribution is -2.61. The third-order valence-corrected chi connectivity index (χ3v) is 27.6. The summed E-state index contributed by atoms with van der Waals surface area (Å²) in [7, 11) is 3.93. The van der Waals surface area contributed by atoms with Gasteiger partial charge in [0.15, 0.2) is 0 Å². The highest BCUT2D eigenvalue weighted by molar-refractivity contribution is 8.00. The average molecular weight is 2080 g/mol. The number of nitrogens with two attached hydrogens (primary N) is 2. The molecule has 9 rings (SSSR count). The summed E-state index contributed by atoms with van der Waals surface area (Å²) in [4.78, 5) is 295. The second kappa shape index (κ2) is 58.0. The fourth-order valence-corrected chi connectivity index (χ4v) is 19.3. The van der Waals surface area contributed by atoms with Crippen molar-refractivity contribution >= 4 is 157 Å². The Bertz CT molecular complexity index is 5610. The van der Waals surface area contributed by atoms with Crippen molar-refractivity contribution in [2.75, 3.05) is 85.1 Å². The number of aliphatic hydroxyl groups excluding tert-OH is 1. The molecule has 0 saturated carbocycles. The molecule has 0 unspecified atom stereocenters. The van der Waals surface area contributed by atoms with Crippen LogP contribution in [0.25, 0.3) is 21.0 Å². The predicted molar refractivity (Wildman–Crippen MR) is 542 cm³/mol. The van der Waals surface area contributed by atoms with E-state index in [0.717, 1.165) is 36.1 Å². The number of amides is 18. The highest BCUT2D eigenvalue weighted by atomic mass is 32.2. The Morgan fingerprint density at radius 1 is 0.551 bits per heavy atom. The number of para-hydroxylation sites is 1. The molecule has 0 radical (unpaired) electrons. The molecule has 3 aliphatic rings. The summed E-state index contributed by atoms with van der Waals surface area (Å²) in [5, 5.41) is 67.0. The monoisotopic (exact) mass is 2080 g/mol. The van der Waals surface area contributed by atoms with E-state index in [1.165, 1.54) is 93.2 Å². The molecule has 21 N–H and O–H groups in total. The number of hydrogen-bond donors (Lipinski definition) is 19. The van der Waals surface area contributed by atoms with E-state index >= 15 is 57.5 Å². The first-order valence-electron chi connectivity index (χ1n) is 49.0. The number of hydrogen-bond acceptors (Lipinski definition) is 27. The maximum Gasteiger partial charge on any atom is 0.407 e. The van der Waals surface area contributed by atoms with E-state index in [1.807, 2.05) is 19.9 Å². The number of ether oxygens (including phenoxy) is 2. The number of primary amides is 1. The molecular weight excluding hydrogens is 1950 g/mol. The van der Waals surface area contributed by atoms with Gasteiger partial charge in [-0.1, -0.05) is 113 Å². The first kappa shape index (κ1) is 116. The molecule has 0 aliphatic carbocycles. The number of carboxylic acid groups (broad SMARTS) is 1. The molecule has 18 amide bonds. The van der Waals surface area contributed by atoms with Gasteiger partial charge >= 0.3 is 18.2 Å². The summed E-state index contributed by atoms with van der Waals surface area (Å²) >= 11 is 2.08. The minimum atomic E-state index is -1.85. The number of rotatable bonds is 34. The van der Waals surface area contributed by atoms with Gasteiger partial charge in [-0.3, -0.25) is 81.5 Å². The van der Waals surface area contributed by atoms with Gasteiger partial charge in [0.2, 0.25) is 94.5 Å². The number of carbonyl (C=O) groups excluding carboxylic acids is 18. The maximum absolute atomic E-state index is 16.1. The number of carbonyl (C=O) groups is 19. The molecule has 6 aromatic rings. The number of phenolic OH excluding ortho intramolecular Hbond substituents is 1. The molecule has 3 aliphatic heterocycles. The third kappa shape index (κ3) is 34.3. The normalized spacial score (nSPS) is 23.5. The van der Waals surface area contributed by atoms with Gasteiger partial charge in [-0.25, -0.2) is 14.6 Å². The van der Waals surface area contributed by atoms with Crippen molar-refractivity contribution < 1.29 is 116 Å². The number of thioether (sulfide) groups is 1. The van der Waals surface area contributed by atoms with Crippen molar-refractivity contribution in [3.8, 4) is 5.75 Å². The van der Waals surface area contributed by atoms with Crippen molar-refractivity contribution in [2.45, 2.75) is 240 Å². The summed E-state index contributed by atoms with van der Waals surface area (Å²) in [5.74, 6) is -17.9. The number of nitrogens with one attached hydrogen (secondary N) is 14. The zero-order valence-electron chi connectivity index (χ0n) is 83.2. The Morgan fingerprint density at radius 3 is 1.77 bits per heavy atom. The fraction of sp³-hybridized carbons (Fsp3) is 0.515. The van der Waals surface area contributed by atoms with E-state index in [1.54, 1.807) is 54.0 Å². The van der Waals surface area contributed by atoms with Gasteiger partial charge in [0, 0.05) is 125 Å². The van der Waals surface area contributed by atoms with Crippen LogP contribution >= 0.6 is 23.1 Å². The van der Waals surface area contributed by atoms with Crippen molar-refractivity contribution in [3.05, 3.63) is 145 Å². The number of aromatic hydroxyl groups is 1. The number of aromatic amines is 2. The van der Waals surface area contributed by atoms with Crippen molar-refractivity contribution in [1.82, 2.24) is 103 Å². The van der Waals surface area contributed by atoms with Crippen LogP contribution in [0.4, 0.5) is 9.59 Å². The van der Waals surface area contributed by atoms with Crippen LogP contribution in [0, 0.1) is 0 Å². The number of likely N-dealkylation sites (N-methyl/N-ethyl adjacent to an activating group) is 3. The van der Waals surface area contributed by atoms with Crippen LogP contribution in [0.2, 0.25) is 0 Å². The molecule has 3 fully saturated rings. The molecular formula is C99H136N22O24S2. The van der Waals surface area contributed by atoms with E-state index in [4.69, 9.17) is 20.9 Å². The molecule has 6 heterocycles. The lowest BCUT2D eigenvalue weighted by atomic mass is 9.99. The summed E-state index contributed by atoms with van der Waals surface area (Å²) in [6, 6.07) is -2.51. The summed E-state index contributed by atoms with van der Waals surface area (Å²) in [6.07, 6.45) is 1.05. The van der Waals surface area contributed by atoms with Gasteiger partial charge in [0.05, 0.1) is 24.7 Å². The number of aliphatic carboxylic acids is 1. The van der Waals surface area contributed by atoms with E-state index < -0.39 is 260 Å². The predicted octanol–water partition coefficient (Wildman–Crippen LogP) is 0.226. The minimum Gasteiger partial charge on any atom is -0.508 e. The summed E-state index contributed by atoms with van der Waals surface area (Å²) in [5.41, 5.74) is 13.7. The van der Waals surface area contributed by atoms with Crippen LogP contribution in [-0.2, 0) is 117 Å². The van der Waals surface area contributed by atoms with Crippen molar-refractivity contribution in [1.29, 1.82) is 0 Å². The second-order valence-electron chi connectivity index (χ2n) is 36.3. The number of imidazole rings is 1. The maximum atomic E-state index is 16.1. The molecule has 3 saturated heterocycles. The van der Waals surface area contributed by atoms with Gasteiger partial charge < -0.3 is 135 Å². The summed E-state index contributed by atoms with van der Waals surface area (Å²) < 4.78 is 11.1. The van der Waals surface area contributed by atoms with E-state index in [9.17, 15) is 48.9 Å². The molecule has 3 aromatic carbocycles. The molecule has 48 heteroatoms. The first-order valence-corrected chi connectivity index (χ1v) is 51.1. The van der Waals surface area contributed by atoms with E-state index in [2.05, 4.69) is 91.9 Å². The molecule has 15 atom stereocenters. The van der Waals surface area contributed by atoms with Gasteiger partial charge in [-0.15, -0.1) is 23.1 Å². The summed E-state index contributed by atoms with van der Waals surface area (Å²) in [6.45, 7) is 9.73. The van der Waals surface area contributed by atoms with Crippen LogP contribution in [0.1, 0.15) is 146 Å². The van der Waals surface area contributed by atoms with E-state index in [-0.39, 0.29) is 128 Å². The topological polar surface area (TPSA) is 661 Å².